The van der Waals surface area contributed by atoms with Crippen LogP contribution < -0.4 is 10.6 Å². The van der Waals surface area contributed by atoms with Crippen molar-refractivity contribution in [2.75, 3.05) is 11.9 Å². The number of fused-ring (bicyclic) bond motifs is 1. The average Bonchev–Trinajstić information content (AvgIpc) is 3.53. The summed E-state index contributed by atoms with van der Waals surface area (Å²) in [5, 5.41) is 20.0. The van der Waals surface area contributed by atoms with Crippen molar-refractivity contribution in [3.63, 3.8) is 0 Å². The number of aromatic nitrogens is 2. The van der Waals surface area contributed by atoms with Crippen molar-refractivity contribution in [3.8, 4) is 6.07 Å². The summed E-state index contributed by atoms with van der Waals surface area (Å²) >= 11 is 1.41. The Kier molecular flexibility index (Phi) is 7.13. The number of nitrogens with one attached hydrogen (secondary N) is 2. The number of hydrogen-bond acceptors (Lipinski definition) is 7. The fourth-order valence-electron chi connectivity index (χ4n) is 3.94. The van der Waals surface area contributed by atoms with Crippen LogP contribution in [0, 0.1) is 24.2 Å². The molecule has 3 heterocycles. The van der Waals surface area contributed by atoms with Crippen LogP contribution in [-0.4, -0.2) is 28.4 Å². The van der Waals surface area contributed by atoms with E-state index in [0.29, 0.717) is 42.3 Å². The van der Waals surface area contributed by atoms with Crippen molar-refractivity contribution in [2.24, 2.45) is 13.0 Å². The quantitative estimate of drug-likeness (QED) is 0.495. The van der Waals surface area contributed by atoms with Crippen molar-refractivity contribution < 1.29 is 18.7 Å². The predicted molar refractivity (Wildman–Crippen MR) is 127 cm³/mol. The van der Waals surface area contributed by atoms with Gasteiger partial charge in [-0.15, -0.1) is 11.3 Å². The zero-order valence-electron chi connectivity index (χ0n) is 19.0. The van der Waals surface area contributed by atoms with E-state index in [-0.39, 0.29) is 11.8 Å². The van der Waals surface area contributed by atoms with Gasteiger partial charge in [0, 0.05) is 18.0 Å². The molecule has 0 aromatic carbocycles. The number of nitriles is 1. The number of aryl methyl sites for hydroxylation is 2. The molecule has 34 heavy (non-hydrogen) atoms. The fraction of sp³-hybridized carbons (Fsp3) is 0.333. The third kappa shape index (κ3) is 5.55. The number of hydrogen-bond donors (Lipinski definition) is 2. The minimum Gasteiger partial charge on any atom is -0.465 e. The Morgan fingerprint density at radius 1 is 1.47 bits per heavy atom. The summed E-state index contributed by atoms with van der Waals surface area (Å²) in [6.45, 7) is 2.54. The number of alkyl carbamates (subject to hydrolysis) is 1. The van der Waals surface area contributed by atoms with Gasteiger partial charge in [-0.25, -0.2) is 4.79 Å². The molecule has 0 radical (unpaired) electrons. The van der Waals surface area contributed by atoms with Crippen molar-refractivity contribution in [3.05, 3.63) is 63.7 Å². The van der Waals surface area contributed by atoms with Gasteiger partial charge in [-0.1, -0.05) is 0 Å². The molecule has 9 nitrogen and oxygen atoms in total. The smallest absolute Gasteiger partial charge is 0.407 e. The van der Waals surface area contributed by atoms with E-state index < -0.39 is 6.09 Å². The number of amides is 2. The van der Waals surface area contributed by atoms with Gasteiger partial charge >= 0.3 is 6.09 Å². The molecule has 3 aromatic rings. The average molecular weight is 480 g/mol. The van der Waals surface area contributed by atoms with Gasteiger partial charge in [0.25, 0.3) is 0 Å². The standard InChI is InChI=1S/C24H25N5O4S/c1-15-10-17(29(2)28-15)13-26-24(31)33-14-16-5-7-19-20(12-25)23(34-21(19)11-16)27-22(30)8-6-18-4-3-9-32-18/h3-4,6,8-10,16H,5,7,11,13-14H2,1-2H3,(H,26,31)(H,27,30). The van der Waals surface area contributed by atoms with Crippen LogP contribution in [0.5, 0.6) is 0 Å². The van der Waals surface area contributed by atoms with Crippen LogP contribution in [0.1, 0.15) is 39.6 Å². The molecule has 0 fully saturated rings. The molecule has 0 saturated carbocycles. The topological polar surface area (TPSA) is 122 Å². The molecule has 10 heteroatoms. The molecule has 1 unspecified atom stereocenters. The van der Waals surface area contributed by atoms with Crippen LogP contribution >= 0.6 is 11.3 Å². The first-order valence-electron chi connectivity index (χ1n) is 10.9. The number of ether oxygens (including phenoxy) is 1. The molecular formula is C24H25N5O4S. The molecule has 0 spiro atoms. The Labute approximate surface area is 201 Å². The summed E-state index contributed by atoms with van der Waals surface area (Å²) in [7, 11) is 1.83. The van der Waals surface area contributed by atoms with Crippen LogP contribution in [0.25, 0.3) is 6.08 Å². The van der Waals surface area contributed by atoms with Gasteiger partial charge in [-0.05, 0) is 61.9 Å². The van der Waals surface area contributed by atoms with Crippen molar-refractivity contribution in [2.45, 2.75) is 32.7 Å². The SMILES string of the molecule is Cc1cc(CNC(=O)OCC2CCc3c(sc(NC(=O)C=Cc4ccco4)c3C#N)C2)n(C)n1. The Morgan fingerprint density at radius 3 is 3.03 bits per heavy atom. The maximum atomic E-state index is 12.3. The minimum absolute atomic E-state index is 0.157. The van der Waals surface area contributed by atoms with Crippen molar-refractivity contribution in [1.29, 1.82) is 5.26 Å². The lowest BCUT2D eigenvalue weighted by atomic mass is 9.88. The molecule has 0 aliphatic heterocycles. The first-order chi connectivity index (χ1) is 16.4. The van der Waals surface area contributed by atoms with Crippen molar-refractivity contribution in [1.82, 2.24) is 15.1 Å². The molecule has 2 N–H and O–H groups in total. The lowest BCUT2D eigenvalue weighted by Gasteiger charge is -2.21. The molecule has 1 aliphatic rings. The van der Waals surface area contributed by atoms with E-state index in [1.54, 1.807) is 22.9 Å². The van der Waals surface area contributed by atoms with Gasteiger partial charge in [0.1, 0.15) is 16.8 Å². The zero-order chi connectivity index (χ0) is 24.1. The van der Waals surface area contributed by atoms with E-state index in [1.807, 2.05) is 20.0 Å². The number of carbonyl (C=O) groups is 2. The fourth-order valence-corrected chi connectivity index (χ4v) is 5.25. The Hall–Kier alpha value is -3.84. The van der Waals surface area contributed by atoms with E-state index >= 15 is 0 Å². The van der Waals surface area contributed by atoms with Crippen LogP contribution in [-0.2, 0) is 36.0 Å². The number of nitrogens with zero attached hydrogens (tertiary/aromatic N) is 3. The first kappa shape index (κ1) is 23.3. The van der Waals surface area contributed by atoms with E-state index in [0.717, 1.165) is 28.2 Å². The van der Waals surface area contributed by atoms with Gasteiger partial charge in [0.05, 0.1) is 36.4 Å². The Morgan fingerprint density at radius 2 is 2.32 bits per heavy atom. The summed E-state index contributed by atoms with van der Waals surface area (Å²) in [4.78, 5) is 25.5. The third-order valence-corrected chi connectivity index (χ3v) is 6.79. The Balaban J connectivity index is 1.31. The monoisotopic (exact) mass is 479 g/mol. The van der Waals surface area contributed by atoms with E-state index in [2.05, 4.69) is 21.8 Å². The molecule has 1 atom stereocenters. The number of thiophene rings is 1. The van der Waals surface area contributed by atoms with Crippen LogP contribution in [0.2, 0.25) is 0 Å². The molecule has 1 aliphatic carbocycles. The number of furan rings is 1. The van der Waals surface area contributed by atoms with Gasteiger partial charge in [0.15, 0.2) is 0 Å². The van der Waals surface area contributed by atoms with Gasteiger partial charge < -0.3 is 19.8 Å². The Bertz CT molecular complexity index is 1250. The highest BCUT2D eigenvalue weighted by Crippen LogP contribution is 2.39. The number of anilines is 1. The maximum absolute atomic E-state index is 12.3. The normalized spacial score (nSPS) is 15.0. The largest absolute Gasteiger partial charge is 0.465 e. The summed E-state index contributed by atoms with van der Waals surface area (Å²) < 4.78 is 12.3. The van der Waals surface area contributed by atoms with Crippen LogP contribution in [0.4, 0.5) is 9.80 Å². The summed E-state index contributed by atoms with van der Waals surface area (Å²) in [5.41, 5.74) is 3.28. The second-order valence-corrected chi connectivity index (χ2v) is 9.22. The molecule has 3 aromatic heterocycles. The lowest BCUT2D eigenvalue weighted by Crippen LogP contribution is -2.28. The summed E-state index contributed by atoms with van der Waals surface area (Å²) in [6.07, 6.45) is 6.22. The maximum Gasteiger partial charge on any atom is 0.407 e. The van der Waals surface area contributed by atoms with Crippen LogP contribution in [0.3, 0.4) is 0 Å². The number of carbonyl (C=O) groups excluding carboxylic acids is 2. The minimum atomic E-state index is -0.468. The van der Waals surface area contributed by atoms with Gasteiger partial charge in [0.2, 0.25) is 5.91 Å². The first-order valence-corrected chi connectivity index (χ1v) is 11.7. The second-order valence-electron chi connectivity index (χ2n) is 8.12. The van der Waals surface area contributed by atoms with Crippen molar-refractivity contribution >= 4 is 34.4 Å². The highest BCUT2D eigenvalue weighted by Gasteiger charge is 2.27. The molecule has 0 saturated heterocycles. The number of rotatable bonds is 7. The second kappa shape index (κ2) is 10.4. The molecule has 176 valence electrons. The van der Waals surface area contributed by atoms with Crippen LogP contribution in [0.15, 0.2) is 35.0 Å². The molecule has 4 rings (SSSR count). The third-order valence-electron chi connectivity index (χ3n) is 5.62. The molecule has 0 bridgehead atoms. The van der Waals surface area contributed by atoms with Gasteiger partial charge in [-0.2, -0.15) is 10.4 Å². The zero-order valence-corrected chi connectivity index (χ0v) is 19.8. The van der Waals surface area contributed by atoms with E-state index in [1.165, 1.54) is 23.7 Å². The molecule has 2 amide bonds. The van der Waals surface area contributed by atoms with Gasteiger partial charge in [-0.3, -0.25) is 9.48 Å². The highest BCUT2D eigenvalue weighted by molar-refractivity contribution is 7.16. The van der Waals surface area contributed by atoms with E-state index in [9.17, 15) is 14.9 Å². The predicted octanol–water partition coefficient (Wildman–Crippen LogP) is 3.94. The van der Waals surface area contributed by atoms with E-state index in [4.69, 9.17) is 9.15 Å². The molecular weight excluding hydrogens is 454 g/mol. The lowest BCUT2D eigenvalue weighted by molar-refractivity contribution is -0.111. The summed E-state index contributed by atoms with van der Waals surface area (Å²) in [5.74, 6) is 0.403. The highest BCUT2D eigenvalue weighted by atomic mass is 32.1. The summed E-state index contributed by atoms with van der Waals surface area (Å²) in [6, 6.07) is 7.63.